The first-order chi connectivity index (χ1) is 26.4. The third-order valence-corrected chi connectivity index (χ3v) is 32.8. The molecule has 3 aliphatic rings. The van der Waals surface area contributed by atoms with Crippen LogP contribution >= 0.6 is 0 Å². The molecule has 2 unspecified atom stereocenters. The molecule has 6 aromatic rings. The molecular formula is C52H56SiZr. The third-order valence-electron chi connectivity index (χ3n) is 14.0. The van der Waals surface area contributed by atoms with Crippen molar-refractivity contribution in [3.05, 3.63) is 166 Å². The molecule has 0 N–H and O–H groups in total. The van der Waals surface area contributed by atoms with Gasteiger partial charge in [0, 0.05) is 0 Å². The average Bonchev–Trinajstić information content (AvgIpc) is 3.73. The van der Waals surface area contributed by atoms with Gasteiger partial charge in [0.05, 0.1) is 0 Å². The summed E-state index contributed by atoms with van der Waals surface area (Å²) in [6.07, 6.45) is 7.47. The molecule has 2 heteroatoms. The summed E-state index contributed by atoms with van der Waals surface area (Å²) in [6.45, 7) is 15.3. The fourth-order valence-electron chi connectivity index (χ4n) is 11.8. The predicted octanol–water partition coefficient (Wildman–Crippen LogP) is 14.0. The van der Waals surface area contributed by atoms with Crippen molar-refractivity contribution in [1.29, 1.82) is 0 Å². The fourth-order valence-corrected chi connectivity index (χ4v) is 33.5. The molecule has 0 amide bonds. The molecule has 54 heavy (non-hydrogen) atoms. The maximum atomic E-state index is 2.68. The van der Waals surface area contributed by atoms with Gasteiger partial charge in [-0.1, -0.05) is 0 Å². The molecule has 2 atom stereocenters. The van der Waals surface area contributed by atoms with Crippen molar-refractivity contribution in [1.82, 2.24) is 0 Å². The van der Waals surface area contributed by atoms with Gasteiger partial charge in [0.25, 0.3) is 0 Å². The molecule has 272 valence electrons. The summed E-state index contributed by atoms with van der Waals surface area (Å²) in [4.78, 5) is 0. The second kappa shape index (κ2) is 14.2. The Morgan fingerprint density at radius 1 is 0.481 bits per heavy atom. The maximum absolute atomic E-state index is 3.45. The molecule has 2 aliphatic carbocycles. The standard InChI is InChI=1S/C44H38Si.2C4H9.Zr/c1-5-29-27-33-19-13-25-39(43(33)41(29)37-23-11-17-31-15-7-9-21-35(31)37)45(3,4)40-26-14-20-34-28-30(6-2)42(44(34)40)38-24-12-18-32-16-8-10-22-36(32)38;2*1-3-4-2;/h7-28H,5-6H2,1-4H3;2*1,3-4H2,2H3;. The van der Waals surface area contributed by atoms with Gasteiger partial charge < -0.3 is 0 Å². The van der Waals surface area contributed by atoms with Gasteiger partial charge in [-0.05, 0) is 0 Å². The van der Waals surface area contributed by atoms with Crippen LogP contribution in [0.3, 0.4) is 0 Å². The van der Waals surface area contributed by atoms with E-state index in [-0.39, 0.29) is 0 Å². The SMILES string of the molecule is CCC[CH2][Zr]1([CH2]CCC)[CH]2C(CC)=C(c3cccc4ccccc34)c3c2cccc3[Si](C)(C)c2cccc3c2C(c2cccc4ccccc24)=C(CC)[CH]31. The quantitative estimate of drug-likeness (QED) is 0.121. The normalized spacial score (nSPS) is 19.3. The molecule has 6 aromatic carbocycles. The predicted molar refractivity (Wildman–Crippen MR) is 235 cm³/mol. The molecule has 1 heterocycles. The van der Waals surface area contributed by atoms with Gasteiger partial charge in [-0.25, -0.2) is 0 Å². The average molecular weight is 800 g/mol. The van der Waals surface area contributed by atoms with Crippen LogP contribution in [0.1, 0.15) is 107 Å². The van der Waals surface area contributed by atoms with E-state index in [0.29, 0.717) is 7.25 Å². The summed E-state index contributed by atoms with van der Waals surface area (Å²) in [5, 5.41) is 8.84. The summed E-state index contributed by atoms with van der Waals surface area (Å²) in [5.74, 6) is 0. The monoisotopic (exact) mass is 798 g/mol. The van der Waals surface area contributed by atoms with Crippen LogP contribution in [-0.4, -0.2) is 8.07 Å². The first-order valence-electron chi connectivity index (χ1n) is 21.1. The molecular weight excluding hydrogens is 744 g/mol. The second-order valence-corrected chi connectivity index (χ2v) is 32.7. The summed E-state index contributed by atoms with van der Waals surface area (Å²) >= 11 is -3.45. The number of allylic oxidation sites excluding steroid dienone is 2. The van der Waals surface area contributed by atoms with Crippen LogP contribution in [0.15, 0.2) is 132 Å². The van der Waals surface area contributed by atoms with Crippen LogP contribution in [0.4, 0.5) is 0 Å². The second-order valence-electron chi connectivity index (χ2n) is 17.0. The van der Waals surface area contributed by atoms with E-state index in [4.69, 9.17) is 0 Å². The van der Waals surface area contributed by atoms with Crippen LogP contribution in [0.2, 0.25) is 21.4 Å². The molecule has 0 saturated carbocycles. The molecule has 0 nitrogen and oxygen atoms in total. The number of unbranched alkanes of at least 4 members (excludes halogenated alkanes) is 2. The molecule has 1 aliphatic heterocycles. The van der Waals surface area contributed by atoms with Gasteiger partial charge in [-0.3, -0.25) is 0 Å². The van der Waals surface area contributed by atoms with E-state index in [1.807, 2.05) is 0 Å². The third kappa shape index (κ3) is 5.22. The summed E-state index contributed by atoms with van der Waals surface area (Å²) in [7, 11) is -2.29. The first-order valence-corrected chi connectivity index (χ1v) is 30.4. The molecule has 0 saturated heterocycles. The Balaban J connectivity index is 1.48. The molecule has 9 rings (SSSR count). The van der Waals surface area contributed by atoms with Crippen LogP contribution in [0.5, 0.6) is 0 Å². The Bertz CT molecular complexity index is 2310. The Labute approximate surface area is 329 Å². The summed E-state index contributed by atoms with van der Waals surface area (Å²) in [6, 6.07) is 48.1. The number of hydrogen-bond donors (Lipinski definition) is 0. The van der Waals surface area contributed by atoms with Crippen molar-refractivity contribution in [2.24, 2.45) is 0 Å². The molecule has 8 bridgehead atoms. The summed E-state index contributed by atoms with van der Waals surface area (Å²) < 4.78 is 4.05. The van der Waals surface area contributed by atoms with Crippen molar-refractivity contribution < 1.29 is 20.3 Å². The van der Waals surface area contributed by atoms with Crippen molar-refractivity contribution >= 4 is 51.1 Å². The van der Waals surface area contributed by atoms with Gasteiger partial charge in [-0.2, -0.15) is 0 Å². The van der Waals surface area contributed by atoms with E-state index in [1.165, 1.54) is 66.6 Å². The molecule has 0 fully saturated rings. The minimum absolute atomic E-state index is 0.573. The number of rotatable bonds is 10. The van der Waals surface area contributed by atoms with Crippen molar-refractivity contribution in [2.45, 2.75) is 94.8 Å². The Morgan fingerprint density at radius 2 is 0.889 bits per heavy atom. The Kier molecular flexibility index (Phi) is 9.47. The first kappa shape index (κ1) is 36.1. The zero-order valence-corrected chi connectivity index (χ0v) is 36.8. The summed E-state index contributed by atoms with van der Waals surface area (Å²) in [5.41, 5.74) is 16.5. The van der Waals surface area contributed by atoms with Crippen molar-refractivity contribution in [3.8, 4) is 0 Å². The van der Waals surface area contributed by atoms with Crippen molar-refractivity contribution in [3.63, 3.8) is 0 Å². The van der Waals surface area contributed by atoms with Crippen molar-refractivity contribution in [2.75, 3.05) is 0 Å². The van der Waals surface area contributed by atoms with Gasteiger partial charge in [0.1, 0.15) is 0 Å². The minimum atomic E-state index is -3.45. The number of hydrogen-bond acceptors (Lipinski definition) is 0. The molecule has 0 radical (unpaired) electrons. The van der Waals surface area contributed by atoms with Crippen LogP contribution in [0, 0.1) is 0 Å². The van der Waals surface area contributed by atoms with E-state index in [0.717, 1.165) is 12.8 Å². The van der Waals surface area contributed by atoms with E-state index in [9.17, 15) is 0 Å². The Morgan fingerprint density at radius 3 is 1.31 bits per heavy atom. The topological polar surface area (TPSA) is 0 Å². The van der Waals surface area contributed by atoms with Gasteiger partial charge in [-0.15, -0.1) is 0 Å². The van der Waals surface area contributed by atoms with Crippen LogP contribution in [-0.2, 0) is 20.3 Å². The van der Waals surface area contributed by atoms with Crippen LogP contribution in [0.25, 0.3) is 32.7 Å². The van der Waals surface area contributed by atoms with Gasteiger partial charge in [0.15, 0.2) is 0 Å². The Hall–Kier alpha value is -3.58. The number of fused-ring (bicyclic) bond motifs is 2. The van der Waals surface area contributed by atoms with Gasteiger partial charge in [0.2, 0.25) is 0 Å². The zero-order chi connectivity index (χ0) is 37.2. The van der Waals surface area contributed by atoms with E-state index in [1.54, 1.807) is 54.9 Å². The molecule has 0 spiro atoms. The van der Waals surface area contributed by atoms with E-state index in [2.05, 4.69) is 162 Å². The van der Waals surface area contributed by atoms with Crippen LogP contribution < -0.4 is 10.4 Å². The van der Waals surface area contributed by atoms with E-state index < -0.39 is 28.3 Å². The van der Waals surface area contributed by atoms with E-state index >= 15 is 0 Å². The number of benzene rings is 6. The fraction of sp³-hybridized carbons (Fsp3) is 0.308. The zero-order valence-electron chi connectivity index (χ0n) is 33.4. The van der Waals surface area contributed by atoms with Gasteiger partial charge >= 0.3 is 332 Å². The molecule has 0 aromatic heterocycles.